The molecule has 10 heteroatoms. The van der Waals surface area contributed by atoms with E-state index in [1.54, 1.807) is 31.3 Å². The highest BCUT2D eigenvalue weighted by molar-refractivity contribution is 6.74. The molecule has 1 amide bonds. The van der Waals surface area contributed by atoms with E-state index >= 15 is 0 Å². The third-order valence-electron chi connectivity index (χ3n) is 7.74. The highest BCUT2D eigenvalue weighted by Crippen LogP contribution is 2.36. The number of benzene rings is 2. The summed E-state index contributed by atoms with van der Waals surface area (Å²) in [6, 6.07) is 8.59. The summed E-state index contributed by atoms with van der Waals surface area (Å²) in [5.41, 5.74) is 3.83. The smallest absolute Gasteiger partial charge is 0.251 e. The number of carbonyl (C=O) groups excluding carboxylic acids is 1. The van der Waals surface area contributed by atoms with E-state index in [-0.39, 0.29) is 16.8 Å². The standard InChI is InChI=1S/C29H40FN5O3Si/c1-20-21(8-7-9-23(20)30)18-32-24-16-22(28(36)31-10-13-38-39(5,6)29(2,3)4)17-25-27(24)34-26(19-33-25)35-11-14-37-15-12-35/h7-9,16-17,19,32H,10-15,18H2,1-6H3,(H,31,36). The monoisotopic (exact) mass is 553 g/mol. The summed E-state index contributed by atoms with van der Waals surface area (Å²) in [7, 11) is -1.89. The summed E-state index contributed by atoms with van der Waals surface area (Å²) >= 11 is 0. The van der Waals surface area contributed by atoms with Crippen molar-refractivity contribution >= 4 is 36.8 Å². The molecule has 0 bridgehead atoms. The van der Waals surface area contributed by atoms with Crippen LogP contribution in [0.4, 0.5) is 15.9 Å². The van der Waals surface area contributed by atoms with Crippen LogP contribution >= 0.6 is 0 Å². The van der Waals surface area contributed by atoms with Gasteiger partial charge < -0.3 is 24.7 Å². The zero-order valence-electron chi connectivity index (χ0n) is 23.9. The van der Waals surface area contributed by atoms with Crippen LogP contribution in [0.5, 0.6) is 0 Å². The molecule has 1 aliphatic rings. The van der Waals surface area contributed by atoms with Crippen LogP contribution in [0.1, 0.15) is 42.3 Å². The Hall–Kier alpha value is -3.08. The minimum Gasteiger partial charge on any atom is -0.415 e. The Labute approximate surface area is 231 Å². The SMILES string of the molecule is Cc1c(F)cccc1CNc1cc(C(=O)NCCO[Si](C)(C)C(C)(C)C)cc2ncc(N3CCOCC3)nc12. The number of hydrogen-bond acceptors (Lipinski definition) is 7. The van der Waals surface area contributed by atoms with Crippen molar-refractivity contribution < 1.29 is 18.3 Å². The number of halogens is 1. The van der Waals surface area contributed by atoms with Crippen molar-refractivity contribution in [2.45, 2.75) is 52.4 Å². The molecule has 2 N–H and O–H groups in total. The number of amides is 1. The molecule has 2 heterocycles. The topological polar surface area (TPSA) is 88.6 Å². The Morgan fingerprint density at radius 1 is 1.21 bits per heavy atom. The molecule has 0 saturated carbocycles. The first kappa shape index (κ1) is 28.9. The van der Waals surface area contributed by atoms with E-state index in [1.807, 2.05) is 6.07 Å². The molecule has 39 heavy (non-hydrogen) atoms. The Kier molecular flexibility index (Phi) is 8.88. The van der Waals surface area contributed by atoms with Crippen molar-refractivity contribution in [1.29, 1.82) is 0 Å². The number of aromatic nitrogens is 2. The van der Waals surface area contributed by atoms with Crippen LogP contribution in [-0.4, -0.2) is 63.6 Å². The van der Waals surface area contributed by atoms with Crippen molar-refractivity contribution in [3.05, 3.63) is 59.0 Å². The molecule has 3 aromatic rings. The fraction of sp³-hybridized carbons (Fsp3) is 0.483. The van der Waals surface area contributed by atoms with Gasteiger partial charge in [0.1, 0.15) is 17.2 Å². The van der Waals surface area contributed by atoms with E-state index in [1.165, 1.54) is 6.07 Å². The zero-order chi connectivity index (χ0) is 28.2. The van der Waals surface area contributed by atoms with Crippen molar-refractivity contribution in [2.24, 2.45) is 0 Å². The number of hydrogen-bond donors (Lipinski definition) is 2. The summed E-state index contributed by atoms with van der Waals surface area (Å²) < 4.78 is 25.8. The van der Waals surface area contributed by atoms with Crippen LogP contribution in [0.25, 0.3) is 11.0 Å². The van der Waals surface area contributed by atoms with Gasteiger partial charge in [0.25, 0.3) is 5.91 Å². The lowest BCUT2D eigenvalue weighted by Crippen LogP contribution is -2.42. The van der Waals surface area contributed by atoms with E-state index in [9.17, 15) is 9.18 Å². The van der Waals surface area contributed by atoms with Gasteiger partial charge in [0.05, 0.1) is 37.2 Å². The molecule has 8 nitrogen and oxygen atoms in total. The molecular weight excluding hydrogens is 513 g/mol. The summed E-state index contributed by atoms with van der Waals surface area (Å²) in [6.45, 7) is 16.7. The van der Waals surface area contributed by atoms with Gasteiger partial charge in [0, 0.05) is 31.7 Å². The Balaban J connectivity index is 1.57. The van der Waals surface area contributed by atoms with Gasteiger partial charge in [-0.15, -0.1) is 0 Å². The lowest BCUT2D eigenvalue weighted by molar-refractivity contribution is 0.0946. The molecular formula is C29H40FN5O3Si. The minimum absolute atomic E-state index is 0.106. The van der Waals surface area contributed by atoms with Crippen LogP contribution < -0.4 is 15.5 Å². The maximum absolute atomic E-state index is 14.1. The largest absolute Gasteiger partial charge is 0.415 e. The second-order valence-corrected chi connectivity index (χ2v) is 16.3. The van der Waals surface area contributed by atoms with Crippen LogP contribution in [0.3, 0.4) is 0 Å². The first-order valence-electron chi connectivity index (χ1n) is 13.5. The summed E-state index contributed by atoms with van der Waals surface area (Å²) in [5.74, 6) is 0.303. The normalized spacial score (nSPS) is 14.5. The number of nitrogens with zero attached hydrogens (tertiary/aromatic N) is 3. The number of rotatable bonds is 9. The van der Waals surface area contributed by atoms with E-state index in [4.69, 9.17) is 14.1 Å². The van der Waals surface area contributed by atoms with E-state index in [0.717, 1.165) is 24.5 Å². The highest BCUT2D eigenvalue weighted by Gasteiger charge is 2.36. The third-order valence-corrected chi connectivity index (χ3v) is 12.3. The van der Waals surface area contributed by atoms with Gasteiger partial charge in [-0.05, 0) is 54.4 Å². The molecule has 1 aliphatic heterocycles. The molecule has 210 valence electrons. The van der Waals surface area contributed by atoms with Gasteiger partial charge in [-0.1, -0.05) is 32.9 Å². The number of carbonyl (C=O) groups is 1. The predicted molar refractivity (Wildman–Crippen MR) is 157 cm³/mol. The number of ether oxygens (including phenoxy) is 1. The fourth-order valence-electron chi connectivity index (χ4n) is 4.14. The third kappa shape index (κ3) is 6.92. The first-order chi connectivity index (χ1) is 18.5. The van der Waals surface area contributed by atoms with Gasteiger partial charge in [0.15, 0.2) is 8.32 Å². The van der Waals surface area contributed by atoms with E-state index in [2.05, 4.69) is 54.4 Å². The van der Waals surface area contributed by atoms with E-state index < -0.39 is 8.32 Å². The fourth-order valence-corrected chi connectivity index (χ4v) is 5.19. The van der Waals surface area contributed by atoms with Gasteiger partial charge >= 0.3 is 0 Å². The van der Waals surface area contributed by atoms with Crippen LogP contribution in [-0.2, 0) is 15.7 Å². The van der Waals surface area contributed by atoms with Crippen LogP contribution in [0, 0.1) is 12.7 Å². The zero-order valence-corrected chi connectivity index (χ0v) is 24.9. The van der Waals surface area contributed by atoms with Crippen LogP contribution in [0.15, 0.2) is 36.5 Å². The lowest BCUT2D eigenvalue weighted by Gasteiger charge is -2.36. The van der Waals surface area contributed by atoms with Gasteiger partial charge in [-0.3, -0.25) is 9.78 Å². The molecule has 4 rings (SSSR count). The lowest BCUT2D eigenvalue weighted by atomic mass is 10.1. The molecule has 2 aromatic carbocycles. The van der Waals surface area contributed by atoms with Crippen molar-refractivity contribution in [2.75, 3.05) is 49.7 Å². The van der Waals surface area contributed by atoms with Crippen molar-refractivity contribution in [1.82, 2.24) is 15.3 Å². The van der Waals surface area contributed by atoms with Gasteiger partial charge in [-0.2, -0.15) is 0 Å². The molecule has 0 radical (unpaired) electrons. The second-order valence-electron chi connectivity index (χ2n) is 11.5. The van der Waals surface area contributed by atoms with Crippen molar-refractivity contribution in [3.63, 3.8) is 0 Å². The van der Waals surface area contributed by atoms with E-state index in [0.29, 0.717) is 60.8 Å². The minimum atomic E-state index is -1.89. The number of fused-ring (bicyclic) bond motifs is 1. The summed E-state index contributed by atoms with van der Waals surface area (Å²) in [4.78, 5) is 24.8. The number of morpholine rings is 1. The number of nitrogens with one attached hydrogen (secondary N) is 2. The van der Waals surface area contributed by atoms with Gasteiger partial charge in [0.2, 0.25) is 0 Å². The molecule has 0 aliphatic carbocycles. The number of anilines is 2. The molecule has 1 saturated heterocycles. The molecule has 0 atom stereocenters. The van der Waals surface area contributed by atoms with Crippen molar-refractivity contribution in [3.8, 4) is 0 Å². The Bertz CT molecular complexity index is 1320. The first-order valence-corrected chi connectivity index (χ1v) is 16.4. The average molecular weight is 554 g/mol. The highest BCUT2D eigenvalue weighted by atomic mass is 28.4. The quantitative estimate of drug-likeness (QED) is 0.275. The average Bonchev–Trinajstić information content (AvgIpc) is 2.91. The molecule has 1 fully saturated rings. The predicted octanol–water partition coefficient (Wildman–Crippen LogP) is 5.28. The van der Waals surface area contributed by atoms with Gasteiger partial charge in [-0.25, -0.2) is 9.37 Å². The Morgan fingerprint density at radius 3 is 2.67 bits per heavy atom. The second kappa shape index (κ2) is 12.0. The Morgan fingerprint density at radius 2 is 1.95 bits per heavy atom. The summed E-state index contributed by atoms with van der Waals surface area (Å²) in [5, 5.41) is 6.47. The maximum Gasteiger partial charge on any atom is 0.251 e. The van der Waals surface area contributed by atoms with Crippen LogP contribution in [0.2, 0.25) is 18.1 Å². The molecule has 0 unspecified atom stereocenters. The molecule has 0 spiro atoms. The maximum atomic E-state index is 14.1. The summed E-state index contributed by atoms with van der Waals surface area (Å²) in [6.07, 6.45) is 1.74. The molecule has 1 aromatic heterocycles.